The van der Waals surface area contributed by atoms with Crippen molar-refractivity contribution in [1.29, 1.82) is 0 Å². The predicted octanol–water partition coefficient (Wildman–Crippen LogP) is 14.3. The Hall–Kier alpha value is -8.02. The van der Waals surface area contributed by atoms with Crippen LogP contribution in [0.5, 0.6) is 0 Å². The molecule has 0 aliphatic rings. The van der Waals surface area contributed by atoms with Crippen molar-refractivity contribution in [2.24, 2.45) is 0 Å². The quantitative estimate of drug-likeness (QED) is 0.165. The first kappa shape index (κ1) is 35.9. The summed E-state index contributed by atoms with van der Waals surface area (Å²) in [5, 5.41) is 7.17. The topological polar surface area (TPSA) is 66.8 Å². The van der Waals surface area contributed by atoms with E-state index in [9.17, 15) is 0 Å². The van der Waals surface area contributed by atoms with Crippen molar-refractivity contribution in [3.8, 4) is 33.6 Å². The Morgan fingerprint density at radius 2 is 0.597 bits per heavy atom. The van der Waals surface area contributed by atoms with Crippen LogP contribution in [0.15, 0.2) is 200 Å². The molecule has 3 aromatic heterocycles. The van der Waals surface area contributed by atoms with Gasteiger partial charge in [-0.25, -0.2) is 0 Å². The van der Waals surface area contributed by atoms with E-state index in [0.29, 0.717) is 11.4 Å². The average molecular weight is 798 g/mol. The lowest BCUT2D eigenvalue weighted by atomic mass is 9.82. The van der Waals surface area contributed by atoms with Crippen LogP contribution in [0.3, 0.4) is 0 Å². The number of hydrogen-bond donors (Lipinski definition) is 2. The zero-order valence-electron chi connectivity index (χ0n) is 34.5. The van der Waals surface area contributed by atoms with Crippen LogP contribution >= 0.6 is 0 Å². The van der Waals surface area contributed by atoms with Crippen LogP contribution in [0.1, 0.15) is 19.4 Å². The van der Waals surface area contributed by atoms with E-state index < -0.39 is 5.54 Å². The van der Waals surface area contributed by atoms with Crippen molar-refractivity contribution in [3.63, 3.8) is 0 Å². The Bertz CT molecular complexity index is 3420. The highest BCUT2D eigenvalue weighted by atomic mass is 15.1. The van der Waals surface area contributed by atoms with Crippen LogP contribution in [0.2, 0.25) is 0 Å². The largest absolute Gasteiger partial charge is 0.398 e. The number of aromatic nitrogens is 3. The van der Waals surface area contributed by atoms with E-state index >= 15 is 0 Å². The van der Waals surface area contributed by atoms with Gasteiger partial charge >= 0.3 is 0 Å². The van der Waals surface area contributed by atoms with Gasteiger partial charge in [0.2, 0.25) is 0 Å². The molecule has 0 unspecified atom stereocenters. The highest BCUT2D eigenvalue weighted by Crippen LogP contribution is 2.52. The van der Waals surface area contributed by atoms with Gasteiger partial charge in [-0.15, -0.1) is 0 Å². The minimum absolute atomic E-state index is 0.701. The van der Waals surface area contributed by atoms with E-state index in [1.165, 1.54) is 32.3 Å². The molecule has 0 fully saturated rings. The van der Waals surface area contributed by atoms with Crippen LogP contribution in [0.25, 0.3) is 99.0 Å². The standard InChI is InChI=1S/C57H43N5/c1-57(2,62-52-33-17-9-25-42(52)43-26-10-18-34-53(43)62)54-55(60-48-29-13-5-21-38(48)39-22-6-14-30-49(39)60)44(36-19-3-11-27-46(36)58)35-45(37-20-4-12-28-47(37)59)56(54)61-50-31-15-7-23-40(50)41-24-8-16-32-51(41)61/h3-35H,58-59H2,1-2H3. The van der Waals surface area contributed by atoms with Crippen molar-refractivity contribution in [2.45, 2.75) is 19.4 Å². The summed E-state index contributed by atoms with van der Waals surface area (Å²) in [6, 6.07) is 71.8. The summed E-state index contributed by atoms with van der Waals surface area (Å²) in [6.45, 7) is 4.79. The van der Waals surface area contributed by atoms with Crippen molar-refractivity contribution in [2.75, 3.05) is 11.5 Å². The van der Waals surface area contributed by atoms with Gasteiger partial charge in [-0.2, -0.15) is 0 Å². The number of benzene rings is 9. The first-order valence-corrected chi connectivity index (χ1v) is 21.3. The lowest BCUT2D eigenvalue weighted by Gasteiger charge is -2.37. The first-order chi connectivity index (χ1) is 30.4. The number of rotatable bonds is 6. The van der Waals surface area contributed by atoms with E-state index in [1.54, 1.807) is 0 Å². The molecule has 5 heteroatoms. The van der Waals surface area contributed by atoms with Gasteiger partial charge in [-0.1, -0.05) is 146 Å². The van der Waals surface area contributed by atoms with Gasteiger partial charge in [0, 0.05) is 82.5 Å². The Labute approximate surface area is 359 Å². The molecule has 0 saturated heterocycles. The van der Waals surface area contributed by atoms with Gasteiger partial charge in [0.05, 0.1) is 39.0 Å². The monoisotopic (exact) mass is 797 g/mol. The molecule has 0 aliphatic carbocycles. The first-order valence-electron chi connectivity index (χ1n) is 21.3. The van der Waals surface area contributed by atoms with Crippen molar-refractivity contribution in [3.05, 3.63) is 206 Å². The highest BCUT2D eigenvalue weighted by Gasteiger charge is 2.38. The average Bonchev–Trinajstić information content (AvgIpc) is 3.95. The van der Waals surface area contributed by atoms with Crippen LogP contribution in [0.4, 0.5) is 11.4 Å². The fourth-order valence-electron chi connectivity index (χ4n) is 10.6. The number of nitrogen functional groups attached to an aromatic ring is 2. The normalized spacial score (nSPS) is 12.2. The molecule has 0 amide bonds. The van der Waals surface area contributed by atoms with Crippen LogP contribution in [0, 0.1) is 0 Å². The third-order valence-corrected chi connectivity index (χ3v) is 13.1. The van der Waals surface area contributed by atoms with Gasteiger partial charge in [0.1, 0.15) is 0 Å². The molecule has 3 heterocycles. The molecule has 5 nitrogen and oxygen atoms in total. The summed E-state index contributed by atoms with van der Waals surface area (Å²) in [5.41, 5.74) is 28.9. The maximum atomic E-state index is 7.16. The third-order valence-electron chi connectivity index (χ3n) is 13.1. The van der Waals surface area contributed by atoms with Crippen molar-refractivity contribution < 1.29 is 0 Å². The molecule has 0 bridgehead atoms. The maximum Gasteiger partial charge on any atom is 0.0688 e. The molecule has 296 valence electrons. The minimum atomic E-state index is -0.746. The summed E-state index contributed by atoms with van der Waals surface area (Å²) in [4.78, 5) is 0. The number of nitrogens with zero attached hydrogens (tertiary/aromatic N) is 3. The number of anilines is 2. The molecule has 0 radical (unpaired) electrons. The summed E-state index contributed by atoms with van der Waals surface area (Å²) in [6.07, 6.45) is 0. The smallest absolute Gasteiger partial charge is 0.0688 e. The van der Waals surface area contributed by atoms with E-state index in [-0.39, 0.29) is 0 Å². The Balaban J connectivity index is 1.42. The van der Waals surface area contributed by atoms with E-state index in [1.807, 2.05) is 24.3 Å². The number of para-hydroxylation sites is 8. The molecule has 0 spiro atoms. The van der Waals surface area contributed by atoms with Crippen LogP contribution < -0.4 is 11.5 Å². The molecular formula is C57H43N5. The number of nitrogens with two attached hydrogens (primary N) is 2. The second-order valence-corrected chi connectivity index (χ2v) is 16.9. The molecule has 4 N–H and O–H groups in total. The minimum Gasteiger partial charge on any atom is -0.398 e. The van der Waals surface area contributed by atoms with Gasteiger partial charge in [0.25, 0.3) is 0 Å². The van der Waals surface area contributed by atoms with E-state index in [0.717, 1.165) is 72.3 Å². The van der Waals surface area contributed by atoms with Crippen molar-refractivity contribution >= 4 is 76.8 Å². The fraction of sp³-hybridized carbons (Fsp3) is 0.0526. The molecule has 62 heavy (non-hydrogen) atoms. The second kappa shape index (κ2) is 13.5. The zero-order chi connectivity index (χ0) is 41.7. The molecule has 12 aromatic rings. The summed E-state index contributed by atoms with van der Waals surface area (Å²) in [7, 11) is 0. The SMILES string of the molecule is CC(C)(c1c(-n2c3ccccc3c3ccccc32)c(-c2ccccc2N)cc(-c2ccccc2N)c1-n1c2ccccc2c2ccccc21)n1c2ccccc2c2ccccc21. The van der Waals surface area contributed by atoms with Crippen molar-refractivity contribution in [1.82, 2.24) is 13.7 Å². The Kier molecular flexibility index (Phi) is 7.81. The van der Waals surface area contributed by atoms with E-state index in [2.05, 4.69) is 203 Å². The van der Waals surface area contributed by atoms with Crippen LogP contribution in [-0.4, -0.2) is 13.7 Å². The lowest BCUT2D eigenvalue weighted by molar-refractivity contribution is 0.462. The van der Waals surface area contributed by atoms with Gasteiger partial charge < -0.3 is 25.2 Å². The number of fused-ring (bicyclic) bond motifs is 9. The van der Waals surface area contributed by atoms with Gasteiger partial charge in [-0.3, -0.25) is 0 Å². The lowest BCUT2D eigenvalue weighted by Crippen LogP contribution is -2.31. The summed E-state index contributed by atoms with van der Waals surface area (Å²) < 4.78 is 7.58. The fourth-order valence-corrected chi connectivity index (χ4v) is 10.6. The van der Waals surface area contributed by atoms with Gasteiger partial charge in [-0.05, 0) is 68.4 Å². The summed E-state index contributed by atoms with van der Waals surface area (Å²) >= 11 is 0. The Morgan fingerprint density at radius 3 is 0.935 bits per heavy atom. The molecule has 9 aromatic carbocycles. The van der Waals surface area contributed by atoms with Gasteiger partial charge in [0.15, 0.2) is 0 Å². The Morgan fingerprint density at radius 1 is 0.323 bits per heavy atom. The predicted molar refractivity (Wildman–Crippen MR) is 263 cm³/mol. The molecule has 0 saturated carbocycles. The molecule has 0 atom stereocenters. The zero-order valence-corrected chi connectivity index (χ0v) is 34.5. The third kappa shape index (κ3) is 5.02. The molecular weight excluding hydrogens is 755 g/mol. The maximum absolute atomic E-state index is 7.16. The number of hydrogen-bond acceptors (Lipinski definition) is 2. The summed E-state index contributed by atoms with van der Waals surface area (Å²) in [5.74, 6) is 0. The van der Waals surface area contributed by atoms with E-state index in [4.69, 9.17) is 11.5 Å². The van der Waals surface area contributed by atoms with Crippen LogP contribution in [-0.2, 0) is 5.54 Å². The highest BCUT2D eigenvalue weighted by molar-refractivity contribution is 6.13. The molecule has 0 aliphatic heterocycles. The second-order valence-electron chi connectivity index (χ2n) is 16.9. The molecule has 12 rings (SSSR count).